The van der Waals surface area contributed by atoms with E-state index in [0.29, 0.717) is 0 Å². The predicted octanol–water partition coefficient (Wildman–Crippen LogP) is -16.1. The summed E-state index contributed by atoms with van der Waals surface area (Å²) in [5.74, 6) is -1.91. The fourth-order valence-electron chi connectivity index (χ4n) is 12.2. The van der Waals surface area contributed by atoms with E-state index in [4.69, 9.17) is 71.1 Å². The van der Waals surface area contributed by atoms with Crippen LogP contribution in [0, 0.1) is 0 Å². The molecule has 8 saturated heterocycles. The second kappa shape index (κ2) is 32.6. The van der Waals surface area contributed by atoms with Gasteiger partial charge in [0, 0.05) is 13.8 Å². The maximum atomic E-state index is 13.3. The number of nitrogens with one attached hydrogen (secondary N) is 2. The zero-order valence-electron chi connectivity index (χ0n) is 50.1. The molecule has 8 aliphatic rings. The number of carbonyl (C=O) groups is 2. The second-order valence-corrected chi connectivity index (χ2v) is 23.8. The van der Waals surface area contributed by atoms with Gasteiger partial charge in [0.25, 0.3) is 0 Å². The molecule has 0 aromatic heterocycles. The average molecular weight is 1370 g/mol. The first-order valence-corrected chi connectivity index (χ1v) is 29.9. The molecule has 2 amide bonds. The summed E-state index contributed by atoms with van der Waals surface area (Å²) in [6, 6.07) is -3.90. The summed E-state index contributed by atoms with van der Waals surface area (Å²) < 4.78 is 88.9. The molecule has 93 heavy (non-hydrogen) atoms. The van der Waals surface area contributed by atoms with Gasteiger partial charge in [0.05, 0.1) is 51.8 Å². The Bertz CT molecular complexity index is 2350. The number of aliphatic hydroxyl groups is 22. The van der Waals surface area contributed by atoms with Crippen molar-refractivity contribution in [1.82, 2.24) is 10.6 Å². The van der Waals surface area contributed by atoms with Crippen molar-refractivity contribution in [2.45, 2.75) is 273 Å². The Morgan fingerprint density at radius 1 is 0.280 bits per heavy atom. The van der Waals surface area contributed by atoms with Gasteiger partial charge >= 0.3 is 0 Å². The first-order chi connectivity index (χ1) is 43.9. The number of hydrogen-bond donors (Lipinski definition) is 24. The molecule has 0 aromatic carbocycles. The van der Waals surface area contributed by atoms with Crippen LogP contribution in [0.15, 0.2) is 0 Å². The summed E-state index contributed by atoms with van der Waals surface area (Å²) in [4.78, 5) is 26.6. The lowest BCUT2D eigenvalue weighted by Gasteiger charge is -2.52. The number of amides is 2. The molecule has 8 heterocycles. The molecule has 24 N–H and O–H groups in total. The van der Waals surface area contributed by atoms with Gasteiger partial charge in [-0.2, -0.15) is 0 Å². The van der Waals surface area contributed by atoms with Gasteiger partial charge in [0.1, 0.15) is 183 Å². The Morgan fingerprint density at radius 3 is 0.914 bits per heavy atom. The van der Waals surface area contributed by atoms with E-state index in [1.807, 2.05) is 0 Å². The molecule has 40 atom stereocenters. The fourth-order valence-corrected chi connectivity index (χ4v) is 12.2. The van der Waals surface area contributed by atoms with E-state index in [0.717, 1.165) is 13.8 Å². The summed E-state index contributed by atoms with van der Waals surface area (Å²) in [6.07, 6.45) is -75.3. The number of hydrogen-bond acceptors (Lipinski definition) is 39. The van der Waals surface area contributed by atoms with Crippen LogP contribution in [-0.4, -0.2) is 409 Å². The first-order valence-electron chi connectivity index (χ1n) is 29.9. The van der Waals surface area contributed by atoms with E-state index in [2.05, 4.69) is 10.6 Å². The van der Waals surface area contributed by atoms with Gasteiger partial charge in [0.15, 0.2) is 50.3 Å². The molecule has 0 unspecified atom stereocenters. The third-order valence-electron chi connectivity index (χ3n) is 17.4. The van der Waals surface area contributed by atoms with Crippen molar-refractivity contribution in [3.63, 3.8) is 0 Å². The Morgan fingerprint density at radius 2 is 0.559 bits per heavy atom. The monoisotopic (exact) mass is 1360 g/mol. The van der Waals surface area contributed by atoms with Gasteiger partial charge in [-0.15, -0.1) is 0 Å². The highest BCUT2D eigenvalue weighted by molar-refractivity contribution is 5.73. The Balaban J connectivity index is 1.14. The third kappa shape index (κ3) is 16.2. The van der Waals surface area contributed by atoms with E-state index in [9.17, 15) is 122 Å². The lowest BCUT2D eigenvalue weighted by molar-refractivity contribution is -0.400. The van der Waals surface area contributed by atoms with Crippen molar-refractivity contribution in [3.8, 4) is 0 Å². The van der Waals surface area contributed by atoms with Crippen molar-refractivity contribution in [3.05, 3.63) is 0 Å². The minimum absolute atomic E-state index is 0.947. The highest BCUT2D eigenvalue weighted by Gasteiger charge is 2.61. The van der Waals surface area contributed by atoms with Gasteiger partial charge in [-0.05, 0) is 13.8 Å². The molecule has 8 aliphatic heterocycles. The summed E-state index contributed by atoms with van der Waals surface area (Å²) in [5, 5.41) is 245. The third-order valence-corrected chi connectivity index (χ3v) is 17.4. The first kappa shape index (κ1) is 76.2. The van der Waals surface area contributed by atoms with Crippen LogP contribution >= 0.6 is 0 Å². The standard InChI is InChI=1S/C52H88N2O39/c1-11-23(63)28(68)33(73)48(79-11)88-39-19(9-59)85-47(22(54-14(4)62)42(39)91-50-35(75)30(70)25(65)15(5-55)82-50)93-44-27(67)17(7-57)84-52(37(44)77)89-40-20(10-60)86-46(21(53-13(3)61)41(40)90-49-34(74)29(69)24(64)12(2)80-49)92-43-26(66)16(6-56)83-51(36(43)76)87-38-18(8-58)81-45(78)32(72)31(38)71/h11-12,15-52,55-60,63-78H,5-10H2,1-4H3,(H,53,61)(H,54,62)/t11-,12-,15+,16+,17+,18+,19+,20+,21+,22+,23+,24+,25-,26-,27-,28+,29+,30-,31+,32+,33-,34-,35+,36+,37+,38+,39+,40+,41+,42+,43-,44-,45+,46-,47-,48-,49-,50-,51-,52-/m0/s1. The van der Waals surface area contributed by atoms with Crippen LogP contribution in [0.5, 0.6) is 0 Å². The zero-order valence-corrected chi connectivity index (χ0v) is 50.1. The van der Waals surface area contributed by atoms with E-state index in [1.165, 1.54) is 13.8 Å². The zero-order chi connectivity index (χ0) is 68.5. The molecule has 0 bridgehead atoms. The highest BCUT2D eigenvalue weighted by atomic mass is 16.8. The number of aliphatic hydroxyl groups excluding tert-OH is 22. The van der Waals surface area contributed by atoms with Crippen molar-refractivity contribution < 1.29 is 193 Å². The minimum Gasteiger partial charge on any atom is -0.394 e. The molecule has 0 aromatic rings. The lowest BCUT2D eigenvalue weighted by atomic mass is 9.93. The van der Waals surface area contributed by atoms with Crippen molar-refractivity contribution >= 4 is 11.8 Å². The SMILES string of the molecule is CC(=O)N[C@H]1[C@H](O[C@H]2[C@@H](O)[C@@H](CO)O[C@@H](O[C@H]3[C@H](O[C@@H]4O[C@@H](C)[C@@H](O)[C@@H](O)[C@@H]4O)[C@@H](NC(C)=O)[C@H](O[C@H]4[C@@H](O)[C@@H](CO)O[C@@H](O[C@H]5[C@H](O)[C@@H](O)[C@H](O)O[C@@H]5CO)[C@@H]4O)O[C@@H]3CO)[C@@H]2O)O[C@H](CO)[C@@H](O[C@@H]2O[C@@H](C)[C@@H](O)[C@@H](O)[C@@H]2O)[C@@H]1O[C@@H]1O[C@H](CO)[C@H](O)[C@H](O)[C@H]1O. The Hall–Kier alpha value is -2.54. The highest BCUT2D eigenvalue weighted by Crippen LogP contribution is 2.40. The number of ether oxygens (including phenoxy) is 15. The van der Waals surface area contributed by atoms with Gasteiger partial charge in [-0.25, -0.2) is 0 Å². The van der Waals surface area contributed by atoms with Crippen LogP contribution < -0.4 is 10.6 Å². The quantitative estimate of drug-likeness (QED) is 0.0479. The molecule has 0 saturated carbocycles. The predicted molar refractivity (Wildman–Crippen MR) is 285 cm³/mol. The van der Waals surface area contributed by atoms with Crippen molar-refractivity contribution in [1.29, 1.82) is 0 Å². The lowest BCUT2D eigenvalue weighted by Crippen LogP contribution is -2.72. The number of carbonyl (C=O) groups excluding carboxylic acids is 2. The van der Waals surface area contributed by atoms with Crippen LogP contribution in [0.3, 0.4) is 0 Å². The van der Waals surface area contributed by atoms with Crippen LogP contribution in [0.1, 0.15) is 27.7 Å². The molecular weight excluding hydrogens is 1280 g/mol. The maximum Gasteiger partial charge on any atom is 0.217 e. The molecular formula is C52H88N2O39. The van der Waals surface area contributed by atoms with E-state index in [-0.39, 0.29) is 0 Å². The maximum absolute atomic E-state index is 13.3. The fraction of sp³-hybridized carbons (Fsp3) is 0.962. The Kier molecular flexibility index (Phi) is 26.7. The molecule has 540 valence electrons. The van der Waals surface area contributed by atoms with Crippen LogP contribution in [0.25, 0.3) is 0 Å². The van der Waals surface area contributed by atoms with Crippen LogP contribution in [-0.2, 0) is 80.6 Å². The summed E-state index contributed by atoms with van der Waals surface area (Å²) in [6.45, 7) is -2.06. The van der Waals surface area contributed by atoms with Crippen molar-refractivity contribution in [2.75, 3.05) is 39.6 Å². The molecule has 8 fully saturated rings. The largest absolute Gasteiger partial charge is 0.394 e. The van der Waals surface area contributed by atoms with Crippen LogP contribution in [0.2, 0.25) is 0 Å². The summed E-state index contributed by atoms with van der Waals surface area (Å²) >= 11 is 0. The molecule has 41 nitrogen and oxygen atoms in total. The number of rotatable bonds is 22. The van der Waals surface area contributed by atoms with Gasteiger partial charge in [-0.3, -0.25) is 9.59 Å². The van der Waals surface area contributed by atoms with E-state index in [1.54, 1.807) is 0 Å². The molecule has 0 radical (unpaired) electrons. The molecule has 0 aliphatic carbocycles. The average Bonchev–Trinajstić information content (AvgIpc) is 0.775. The smallest absolute Gasteiger partial charge is 0.217 e. The topological polar surface area (TPSA) is 642 Å². The van der Waals surface area contributed by atoms with E-state index < -0.39 is 297 Å². The molecule has 8 rings (SSSR count). The normalized spacial score (nSPS) is 51.6. The summed E-state index contributed by atoms with van der Waals surface area (Å²) in [5.41, 5.74) is 0. The van der Waals surface area contributed by atoms with Crippen molar-refractivity contribution in [2.24, 2.45) is 0 Å². The van der Waals surface area contributed by atoms with Gasteiger partial charge < -0.3 is 194 Å². The van der Waals surface area contributed by atoms with Gasteiger partial charge in [-0.1, -0.05) is 0 Å². The second-order valence-electron chi connectivity index (χ2n) is 23.8. The minimum atomic E-state index is -2.43. The van der Waals surface area contributed by atoms with Gasteiger partial charge in [0.2, 0.25) is 11.8 Å². The summed E-state index contributed by atoms with van der Waals surface area (Å²) in [7, 11) is 0. The van der Waals surface area contributed by atoms with E-state index >= 15 is 0 Å². The molecule has 0 spiro atoms. The molecule has 41 heteroatoms. The Labute approximate surface area is 527 Å². The van der Waals surface area contributed by atoms with Crippen LogP contribution in [0.4, 0.5) is 0 Å².